The van der Waals surface area contributed by atoms with Crippen molar-refractivity contribution in [1.29, 1.82) is 0 Å². The van der Waals surface area contributed by atoms with Crippen LogP contribution in [-0.2, 0) is 16.1 Å². The molecule has 0 heterocycles. The van der Waals surface area contributed by atoms with Crippen molar-refractivity contribution in [3.8, 4) is 11.1 Å². The third-order valence-electron chi connectivity index (χ3n) is 6.06. The highest BCUT2D eigenvalue weighted by Crippen LogP contribution is 2.44. The van der Waals surface area contributed by atoms with Crippen LogP contribution in [-0.4, -0.2) is 29.8 Å². The predicted molar refractivity (Wildman–Crippen MR) is 132 cm³/mol. The van der Waals surface area contributed by atoms with Crippen molar-refractivity contribution in [2.75, 3.05) is 11.9 Å². The standard InChI is InChI=1S/C28H30N2O4/c1-18(2)15-26(27(32)29-20-13-11-19(16-31)12-14-20)30-28(33)34-17-25-23-9-5-3-7-21(23)22-8-4-6-10-24(22)25/h3-14,18,25-26,31H,15-17H2,1-2H3,(H,29,32)(H,30,33)/t26-/m1/s1. The third kappa shape index (κ3) is 5.29. The fourth-order valence-corrected chi connectivity index (χ4v) is 4.41. The number of carbonyl (C=O) groups is 2. The molecule has 4 rings (SSSR count). The minimum atomic E-state index is -0.729. The molecular weight excluding hydrogens is 428 g/mol. The number of aliphatic hydroxyl groups is 1. The fraction of sp³-hybridized carbons (Fsp3) is 0.286. The lowest BCUT2D eigenvalue weighted by atomic mass is 9.98. The molecule has 176 valence electrons. The van der Waals surface area contributed by atoms with Gasteiger partial charge in [-0.3, -0.25) is 4.79 Å². The van der Waals surface area contributed by atoms with Gasteiger partial charge in [-0.25, -0.2) is 4.79 Å². The zero-order valence-corrected chi connectivity index (χ0v) is 19.5. The summed E-state index contributed by atoms with van der Waals surface area (Å²) in [7, 11) is 0. The molecule has 1 aliphatic carbocycles. The van der Waals surface area contributed by atoms with E-state index in [0.29, 0.717) is 12.1 Å². The second kappa shape index (κ2) is 10.5. The van der Waals surface area contributed by atoms with Crippen LogP contribution in [0.15, 0.2) is 72.8 Å². The lowest BCUT2D eigenvalue weighted by Crippen LogP contribution is -2.45. The maximum atomic E-state index is 12.9. The molecule has 1 aliphatic rings. The molecule has 3 aromatic carbocycles. The number of hydrogen-bond donors (Lipinski definition) is 3. The minimum Gasteiger partial charge on any atom is -0.449 e. The van der Waals surface area contributed by atoms with Crippen LogP contribution in [0.2, 0.25) is 0 Å². The first-order valence-electron chi connectivity index (χ1n) is 11.6. The predicted octanol–water partition coefficient (Wildman–Crippen LogP) is 5.07. The summed E-state index contributed by atoms with van der Waals surface area (Å²) in [5, 5.41) is 14.8. The Labute approximate surface area is 200 Å². The van der Waals surface area contributed by atoms with Crippen LogP contribution in [0.25, 0.3) is 11.1 Å². The molecule has 0 aromatic heterocycles. The lowest BCUT2D eigenvalue weighted by molar-refractivity contribution is -0.118. The van der Waals surface area contributed by atoms with Crippen molar-refractivity contribution in [1.82, 2.24) is 5.32 Å². The smallest absolute Gasteiger partial charge is 0.407 e. The Hall–Kier alpha value is -3.64. The molecule has 0 saturated carbocycles. The Morgan fingerprint density at radius 1 is 0.912 bits per heavy atom. The quantitative estimate of drug-likeness (QED) is 0.440. The van der Waals surface area contributed by atoms with Crippen LogP contribution in [0.4, 0.5) is 10.5 Å². The molecule has 34 heavy (non-hydrogen) atoms. The van der Waals surface area contributed by atoms with Crippen molar-refractivity contribution in [2.24, 2.45) is 5.92 Å². The molecule has 6 nitrogen and oxygen atoms in total. The zero-order chi connectivity index (χ0) is 24.1. The normalized spacial score (nSPS) is 13.2. The van der Waals surface area contributed by atoms with Gasteiger partial charge in [-0.15, -0.1) is 0 Å². The van der Waals surface area contributed by atoms with Gasteiger partial charge in [-0.05, 0) is 52.3 Å². The van der Waals surface area contributed by atoms with E-state index in [2.05, 4.69) is 34.9 Å². The second-order valence-electron chi connectivity index (χ2n) is 9.00. The third-order valence-corrected chi connectivity index (χ3v) is 6.06. The van der Waals surface area contributed by atoms with Crippen LogP contribution in [0, 0.1) is 5.92 Å². The van der Waals surface area contributed by atoms with Crippen molar-refractivity contribution in [2.45, 2.75) is 38.8 Å². The number of amides is 2. The van der Waals surface area contributed by atoms with Crippen LogP contribution < -0.4 is 10.6 Å². The second-order valence-corrected chi connectivity index (χ2v) is 9.00. The van der Waals surface area contributed by atoms with E-state index in [1.165, 1.54) is 0 Å². The van der Waals surface area contributed by atoms with Gasteiger partial charge >= 0.3 is 6.09 Å². The summed E-state index contributed by atoms with van der Waals surface area (Å²) in [6.07, 6.45) is -0.136. The van der Waals surface area contributed by atoms with E-state index >= 15 is 0 Å². The first-order chi connectivity index (χ1) is 16.5. The molecule has 3 aromatic rings. The Morgan fingerprint density at radius 2 is 1.50 bits per heavy atom. The van der Waals surface area contributed by atoms with Gasteiger partial charge in [0.1, 0.15) is 12.6 Å². The number of fused-ring (bicyclic) bond motifs is 3. The molecule has 3 N–H and O–H groups in total. The lowest BCUT2D eigenvalue weighted by Gasteiger charge is -2.21. The molecule has 0 fully saturated rings. The van der Waals surface area contributed by atoms with Crippen molar-refractivity contribution < 1.29 is 19.4 Å². The Kier molecular flexibility index (Phi) is 7.28. The molecule has 2 amide bonds. The number of nitrogens with one attached hydrogen (secondary N) is 2. The first-order valence-corrected chi connectivity index (χ1v) is 11.6. The summed E-state index contributed by atoms with van der Waals surface area (Å²) < 4.78 is 5.62. The SMILES string of the molecule is CC(C)C[C@@H](NC(=O)OCC1c2ccccc2-c2ccccc21)C(=O)Nc1ccc(CO)cc1. The van der Waals surface area contributed by atoms with Gasteiger partial charge in [0.2, 0.25) is 5.91 Å². The number of carbonyl (C=O) groups excluding carboxylic acids is 2. The minimum absolute atomic E-state index is 0.0411. The molecule has 0 saturated heterocycles. The van der Waals surface area contributed by atoms with E-state index in [0.717, 1.165) is 27.8 Å². The summed E-state index contributed by atoms with van der Waals surface area (Å²) in [6, 6.07) is 22.5. The maximum Gasteiger partial charge on any atom is 0.407 e. The average molecular weight is 459 g/mol. The summed E-state index contributed by atoms with van der Waals surface area (Å²) >= 11 is 0. The topological polar surface area (TPSA) is 87.7 Å². The number of ether oxygens (including phenoxy) is 1. The van der Waals surface area contributed by atoms with Crippen molar-refractivity contribution in [3.05, 3.63) is 89.5 Å². The van der Waals surface area contributed by atoms with Gasteiger partial charge in [0.05, 0.1) is 6.61 Å². The van der Waals surface area contributed by atoms with Crippen molar-refractivity contribution >= 4 is 17.7 Å². The molecule has 0 radical (unpaired) electrons. The Morgan fingerprint density at radius 3 is 2.06 bits per heavy atom. The number of alkyl carbamates (subject to hydrolysis) is 1. The summed E-state index contributed by atoms with van der Waals surface area (Å²) in [6.45, 7) is 4.12. The van der Waals surface area contributed by atoms with E-state index in [-0.39, 0.29) is 31.0 Å². The summed E-state index contributed by atoms with van der Waals surface area (Å²) in [4.78, 5) is 25.6. The van der Waals surface area contributed by atoms with Gasteiger partial charge in [0.25, 0.3) is 0 Å². The number of aliphatic hydroxyl groups excluding tert-OH is 1. The summed E-state index contributed by atoms with van der Waals surface area (Å²) in [5.74, 6) is -0.152. The van der Waals surface area contributed by atoms with E-state index in [1.807, 2.05) is 38.1 Å². The number of rotatable bonds is 8. The van der Waals surface area contributed by atoms with E-state index in [9.17, 15) is 14.7 Å². The van der Waals surface area contributed by atoms with E-state index < -0.39 is 12.1 Å². The average Bonchev–Trinajstić information content (AvgIpc) is 3.16. The molecule has 6 heteroatoms. The monoisotopic (exact) mass is 458 g/mol. The zero-order valence-electron chi connectivity index (χ0n) is 19.5. The number of anilines is 1. The highest BCUT2D eigenvalue weighted by atomic mass is 16.5. The van der Waals surface area contributed by atoms with Gasteiger partial charge in [-0.2, -0.15) is 0 Å². The molecule has 1 atom stereocenters. The highest BCUT2D eigenvalue weighted by molar-refractivity contribution is 5.96. The first kappa shape index (κ1) is 23.5. The van der Waals surface area contributed by atoms with Crippen LogP contribution in [0.3, 0.4) is 0 Å². The van der Waals surface area contributed by atoms with Gasteiger partial charge in [0, 0.05) is 11.6 Å². The van der Waals surface area contributed by atoms with E-state index in [1.54, 1.807) is 24.3 Å². The maximum absolute atomic E-state index is 12.9. The van der Waals surface area contributed by atoms with Gasteiger partial charge < -0.3 is 20.5 Å². The largest absolute Gasteiger partial charge is 0.449 e. The molecule has 0 aliphatic heterocycles. The molecular formula is C28H30N2O4. The molecule has 0 unspecified atom stereocenters. The number of benzene rings is 3. The molecule has 0 spiro atoms. The number of hydrogen-bond acceptors (Lipinski definition) is 4. The summed E-state index contributed by atoms with van der Waals surface area (Å²) in [5.41, 5.74) is 5.96. The van der Waals surface area contributed by atoms with E-state index in [4.69, 9.17) is 4.74 Å². The highest BCUT2D eigenvalue weighted by Gasteiger charge is 2.30. The Bertz CT molecular complexity index is 1110. The van der Waals surface area contributed by atoms with Crippen molar-refractivity contribution in [3.63, 3.8) is 0 Å². The van der Waals surface area contributed by atoms with Crippen LogP contribution >= 0.6 is 0 Å². The van der Waals surface area contributed by atoms with Crippen LogP contribution in [0.1, 0.15) is 42.9 Å². The van der Waals surface area contributed by atoms with Gasteiger partial charge in [0.15, 0.2) is 0 Å². The molecule has 0 bridgehead atoms. The Balaban J connectivity index is 1.41. The fourth-order valence-electron chi connectivity index (χ4n) is 4.41. The van der Waals surface area contributed by atoms with Crippen LogP contribution in [0.5, 0.6) is 0 Å². The van der Waals surface area contributed by atoms with Gasteiger partial charge in [-0.1, -0.05) is 74.5 Å².